The fourth-order valence-corrected chi connectivity index (χ4v) is 2.95. The molecule has 0 fully saturated rings. The number of rotatable bonds is 5. The quantitative estimate of drug-likeness (QED) is 0.819. The van der Waals surface area contributed by atoms with Crippen LogP contribution in [0.4, 0.5) is 0 Å². The van der Waals surface area contributed by atoms with E-state index >= 15 is 0 Å². The van der Waals surface area contributed by atoms with Crippen LogP contribution in [0.15, 0.2) is 28.4 Å². The molecule has 0 aromatic carbocycles. The summed E-state index contributed by atoms with van der Waals surface area (Å²) < 4.78 is 2.91. The number of amides is 1. The summed E-state index contributed by atoms with van der Waals surface area (Å²) in [5.74, 6) is 0.0176. The lowest BCUT2D eigenvalue weighted by Gasteiger charge is -2.13. The average Bonchev–Trinajstić information content (AvgIpc) is 2.81. The highest BCUT2D eigenvalue weighted by molar-refractivity contribution is 9.10. The highest BCUT2D eigenvalue weighted by Crippen LogP contribution is 2.19. The molecular formula is C15H21BrN2O. The van der Waals surface area contributed by atoms with E-state index in [0.717, 1.165) is 29.7 Å². The first kappa shape index (κ1) is 14.4. The molecule has 0 radical (unpaired) electrons. The minimum atomic E-state index is 0.0176. The summed E-state index contributed by atoms with van der Waals surface area (Å²) in [6, 6.07) is 1.87. The zero-order chi connectivity index (χ0) is 13.7. The Morgan fingerprint density at radius 1 is 1.47 bits per heavy atom. The zero-order valence-corrected chi connectivity index (χ0v) is 13.0. The molecule has 0 bridgehead atoms. The third-order valence-corrected chi connectivity index (χ3v) is 3.99. The molecule has 1 amide bonds. The molecule has 104 valence electrons. The van der Waals surface area contributed by atoms with Crippen LogP contribution in [0.25, 0.3) is 0 Å². The van der Waals surface area contributed by atoms with Crippen molar-refractivity contribution in [1.82, 2.24) is 9.88 Å². The SMILES string of the molecule is CCn1cc(Br)cc1C(=O)NCCC1=CCCCC1. The van der Waals surface area contributed by atoms with Crippen molar-refractivity contribution in [3.63, 3.8) is 0 Å². The van der Waals surface area contributed by atoms with Gasteiger partial charge in [-0.15, -0.1) is 0 Å². The summed E-state index contributed by atoms with van der Waals surface area (Å²) in [5, 5.41) is 3.01. The molecule has 0 unspecified atom stereocenters. The van der Waals surface area contributed by atoms with Gasteiger partial charge in [-0.05, 0) is 61.0 Å². The molecule has 4 heteroatoms. The van der Waals surface area contributed by atoms with Crippen molar-refractivity contribution in [2.24, 2.45) is 0 Å². The van der Waals surface area contributed by atoms with Gasteiger partial charge in [-0.1, -0.05) is 11.6 Å². The van der Waals surface area contributed by atoms with Gasteiger partial charge in [0.05, 0.1) is 0 Å². The molecule has 3 nitrogen and oxygen atoms in total. The van der Waals surface area contributed by atoms with Crippen molar-refractivity contribution in [2.45, 2.75) is 45.6 Å². The van der Waals surface area contributed by atoms with Crippen LogP contribution in [0, 0.1) is 0 Å². The van der Waals surface area contributed by atoms with Crippen molar-refractivity contribution in [3.05, 3.63) is 34.1 Å². The van der Waals surface area contributed by atoms with Crippen molar-refractivity contribution in [2.75, 3.05) is 6.54 Å². The minimum Gasteiger partial charge on any atom is -0.350 e. The fourth-order valence-electron chi connectivity index (χ4n) is 2.49. The zero-order valence-electron chi connectivity index (χ0n) is 11.4. The van der Waals surface area contributed by atoms with Gasteiger partial charge in [-0.3, -0.25) is 4.79 Å². The lowest BCUT2D eigenvalue weighted by Crippen LogP contribution is -2.27. The molecular weight excluding hydrogens is 304 g/mol. The van der Waals surface area contributed by atoms with E-state index < -0.39 is 0 Å². The maximum Gasteiger partial charge on any atom is 0.267 e. The van der Waals surface area contributed by atoms with Gasteiger partial charge in [0, 0.05) is 23.8 Å². The fraction of sp³-hybridized carbons (Fsp3) is 0.533. The average molecular weight is 325 g/mol. The van der Waals surface area contributed by atoms with Crippen LogP contribution in [-0.4, -0.2) is 17.0 Å². The number of aromatic nitrogens is 1. The Bertz CT molecular complexity index is 476. The highest BCUT2D eigenvalue weighted by atomic mass is 79.9. The Morgan fingerprint density at radius 2 is 2.32 bits per heavy atom. The molecule has 1 aromatic rings. The molecule has 1 N–H and O–H groups in total. The van der Waals surface area contributed by atoms with Gasteiger partial charge in [-0.25, -0.2) is 0 Å². The number of carbonyl (C=O) groups is 1. The highest BCUT2D eigenvalue weighted by Gasteiger charge is 2.12. The standard InChI is InChI=1S/C15H21BrN2O/c1-2-18-11-13(16)10-14(18)15(19)17-9-8-12-6-4-3-5-7-12/h6,10-11H,2-5,7-9H2,1H3,(H,17,19). The van der Waals surface area contributed by atoms with E-state index in [1.807, 2.05) is 23.8 Å². The van der Waals surface area contributed by atoms with Crippen LogP contribution < -0.4 is 5.32 Å². The summed E-state index contributed by atoms with van der Waals surface area (Å²) in [7, 11) is 0. The predicted molar refractivity (Wildman–Crippen MR) is 81.3 cm³/mol. The molecule has 1 aliphatic rings. The molecule has 0 saturated carbocycles. The van der Waals surface area contributed by atoms with E-state index in [2.05, 4.69) is 27.3 Å². The second-order valence-electron chi connectivity index (χ2n) is 4.94. The van der Waals surface area contributed by atoms with Crippen molar-refractivity contribution in [1.29, 1.82) is 0 Å². The number of carbonyl (C=O) groups excluding carboxylic acids is 1. The number of hydrogen-bond donors (Lipinski definition) is 1. The number of halogens is 1. The number of aryl methyl sites for hydroxylation is 1. The van der Waals surface area contributed by atoms with Gasteiger partial charge in [0.1, 0.15) is 5.69 Å². The second kappa shape index (κ2) is 6.94. The summed E-state index contributed by atoms with van der Waals surface area (Å²) in [6.07, 6.45) is 10.3. The monoisotopic (exact) mass is 324 g/mol. The van der Waals surface area contributed by atoms with Gasteiger partial charge in [0.2, 0.25) is 0 Å². The van der Waals surface area contributed by atoms with Gasteiger partial charge in [0.25, 0.3) is 5.91 Å². The number of allylic oxidation sites excluding steroid dienone is 1. The smallest absolute Gasteiger partial charge is 0.267 e. The maximum absolute atomic E-state index is 12.1. The lowest BCUT2D eigenvalue weighted by molar-refractivity contribution is 0.0945. The van der Waals surface area contributed by atoms with E-state index in [9.17, 15) is 4.79 Å². The van der Waals surface area contributed by atoms with Gasteiger partial charge < -0.3 is 9.88 Å². The summed E-state index contributed by atoms with van der Waals surface area (Å²) in [6.45, 7) is 3.58. The van der Waals surface area contributed by atoms with Crippen LogP contribution in [0.2, 0.25) is 0 Å². The van der Waals surface area contributed by atoms with Gasteiger partial charge in [-0.2, -0.15) is 0 Å². The van der Waals surface area contributed by atoms with Gasteiger partial charge >= 0.3 is 0 Å². The van der Waals surface area contributed by atoms with E-state index in [-0.39, 0.29) is 5.91 Å². The third-order valence-electron chi connectivity index (χ3n) is 3.55. The molecule has 1 aliphatic carbocycles. The maximum atomic E-state index is 12.1. The topological polar surface area (TPSA) is 34.0 Å². The second-order valence-corrected chi connectivity index (χ2v) is 5.86. The van der Waals surface area contributed by atoms with Crippen LogP contribution >= 0.6 is 15.9 Å². The summed E-state index contributed by atoms with van der Waals surface area (Å²) in [4.78, 5) is 12.1. The molecule has 2 rings (SSSR count). The van der Waals surface area contributed by atoms with E-state index in [4.69, 9.17) is 0 Å². The summed E-state index contributed by atoms with van der Waals surface area (Å²) >= 11 is 3.41. The van der Waals surface area contributed by atoms with Crippen molar-refractivity contribution < 1.29 is 4.79 Å². The predicted octanol–water partition coefficient (Wildman–Crippen LogP) is 3.89. The Labute approximate surface area is 123 Å². The minimum absolute atomic E-state index is 0.0176. The molecule has 19 heavy (non-hydrogen) atoms. The number of hydrogen-bond acceptors (Lipinski definition) is 1. The molecule has 0 saturated heterocycles. The Kier molecular flexibility index (Phi) is 5.25. The van der Waals surface area contributed by atoms with Crippen LogP contribution in [-0.2, 0) is 6.54 Å². The first-order valence-corrected chi connectivity index (χ1v) is 7.81. The first-order valence-electron chi connectivity index (χ1n) is 7.02. The third kappa shape index (κ3) is 3.96. The molecule has 0 spiro atoms. The van der Waals surface area contributed by atoms with Crippen molar-refractivity contribution >= 4 is 21.8 Å². The Morgan fingerprint density at radius 3 is 3.00 bits per heavy atom. The Balaban J connectivity index is 1.85. The van der Waals surface area contributed by atoms with Gasteiger partial charge in [0.15, 0.2) is 0 Å². The summed E-state index contributed by atoms with van der Waals surface area (Å²) in [5.41, 5.74) is 2.23. The largest absolute Gasteiger partial charge is 0.350 e. The van der Waals surface area contributed by atoms with Crippen LogP contribution in [0.5, 0.6) is 0 Å². The van der Waals surface area contributed by atoms with Crippen molar-refractivity contribution in [3.8, 4) is 0 Å². The normalized spacial score (nSPS) is 15.2. The first-order chi connectivity index (χ1) is 9.20. The number of nitrogens with zero attached hydrogens (tertiary/aromatic N) is 1. The van der Waals surface area contributed by atoms with E-state index in [1.54, 1.807) is 0 Å². The Hall–Kier alpha value is -1.03. The molecule has 1 aromatic heterocycles. The van der Waals surface area contributed by atoms with E-state index in [0.29, 0.717) is 0 Å². The molecule has 1 heterocycles. The molecule has 0 aliphatic heterocycles. The number of nitrogens with one attached hydrogen (secondary N) is 1. The lowest BCUT2D eigenvalue weighted by atomic mass is 9.97. The molecule has 0 atom stereocenters. The van der Waals surface area contributed by atoms with Crippen LogP contribution in [0.3, 0.4) is 0 Å². The van der Waals surface area contributed by atoms with E-state index in [1.165, 1.54) is 31.3 Å². The van der Waals surface area contributed by atoms with Crippen LogP contribution in [0.1, 0.15) is 49.5 Å².